The third kappa shape index (κ3) is 2.98. The fourth-order valence-corrected chi connectivity index (χ4v) is 4.32. The minimum Gasteiger partial charge on any atom is -0.506 e. The second kappa shape index (κ2) is 6.76. The molecule has 1 fully saturated rings. The molecular weight excluding hydrogens is 386 g/mol. The van der Waals surface area contributed by atoms with E-state index in [9.17, 15) is 9.90 Å². The highest BCUT2D eigenvalue weighted by atomic mass is 35.5. The average molecular weight is 398 g/mol. The highest BCUT2D eigenvalue weighted by molar-refractivity contribution is 8.27. The third-order valence-electron chi connectivity index (χ3n) is 4.07. The number of thioether (sulfide) groups is 1. The Morgan fingerprint density at radius 1 is 1.08 bits per heavy atom. The number of phenolic OH excluding ortho intramolecular Hbond substituents is 1. The van der Waals surface area contributed by atoms with E-state index in [-0.39, 0.29) is 16.7 Å². The number of benzene rings is 3. The van der Waals surface area contributed by atoms with Gasteiger partial charge in [0.2, 0.25) is 0 Å². The molecule has 1 aliphatic heterocycles. The van der Waals surface area contributed by atoms with Crippen LogP contribution >= 0.6 is 35.6 Å². The van der Waals surface area contributed by atoms with Gasteiger partial charge in [-0.25, -0.2) is 0 Å². The summed E-state index contributed by atoms with van der Waals surface area (Å²) in [4.78, 5) is 15.1. The lowest BCUT2D eigenvalue weighted by atomic mass is 10.1. The van der Waals surface area contributed by atoms with Crippen molar-refractivity contribution in [2.24, 2.45) is 0 Å². The van der Waals surface area contributed by atoms with Crippen LogP contribution in [0.1, 0.15) is 5.56 Å². The molecule has 0 bridgehead atoms. The van der Waals surface area contributed by atoms with Gasteiger partial charge in [0.05, 0.1) is 15.6 Å². The summed E-state index contributed by atoms with van der Waals surface area (Å²) in [7, 11) is 0. The Balaban J connectivity index is 1.75. The Morgan fingerprint density at radius 3 is 2.65 bits per heavy atom. The van der Waals surface area contributed by atoms with Crippen LogP contribution in [0, 0.1) is 0 Å². The molecule has 6 heteroatoms. The summed E-state index contributed by atoms with van der Waals surface area (Å²) in [5, 5.41) is 11.8. The number of thiocarbonyl (C=S) groups is 1. The van der Waals surface area contributed by atoms with Gasteiger partial charge < -0.3 is 5.11 Å². The number of halogens is 1. The van der Waals surface area contributed by atoms with Crippen LogP contribution in [0.25, 0.3) is 16.8 Å². The van der Waals surface area contributed by atoms with E-state index in [1.807, 2.05) is 42.5 Å². The molecule has 1 heterocycles. The first kappa shape index (κ1) is 17.1. The maximum atomic E-state index is 13.0. The van der Waals surface area contributed by atoms with Gasteiger partial charge >= 0.3 is 0 Å². The summed E-state index contributed by atoms with van der Waals surface area (Å²) in [5.41, 5.74) is 1.50. The molecule has 128 valence electrons. The number of nitrogens with zero attached hydrogens (tertiary/aromatic N) is 1. The number of aromatic hydroxyl groups is 1. The summed E-state index contributed by atoms with van der Waals surface area (Å²) in [6.07, 6.45) is 1.73. The van der Waals surface area contributed by atoms with E-state index in [1.165, 1.54) is 17.8 Å². The number of hydrogen-bond donors (Lipinski definition) is 1. The van der Waals surface area contributed by atoms with Crippen molar-refractivity contribution in [2.75, 3.05) is 4.90 Å². The molecule has 1 N–H and O–H groups in total. The van der Waals surface area contributed by atoms with Crippen molar-refractivity contribution < 1.29 is 9.90 Å². The number of fused-ring (bicyclic) bond motifs is 1. The molecule has 0 saturated carbocycles. The Morgan fingerprint density at radius 2 is 1.85 bits per heavy atom. The molecule has 1 amide bonds. The van der Waals surface area contributed by atoms with E-state index in [4.69, 9.17) is 23.8 Å². The van der Waals surface area contributed by atoms with Crippen LogP contribution in [0.3, 0.4) is 0 Å². The van der Waals surface area contributed by atoms with E-state index in [1.54, 1.807) is 23.1 Å². The standard InChI is InChI=1S/C20H12ClNO2S2/c21-15-10-12(8-9-17(15)23)11-18-19(24)22(20(25)26-18)16-7-3-5-13-4-1-2-6-14(13)16/h1-11,23H/b18-11-. The molecule has 3 aromatic rings. The average Bonchev–Trinajstić information content (AvgIpc) is 2.91. The van der Waals surface area contributed by atoms with Gasteiger partial charge in [0.15, 0.2) is 4.32 Å². The van der Waals surface area contributed by atoms with E-state index in [0.717, 1.165) is 22.0 Å². The van der Waals surface area contributed by atoms with Crippen molar-refractivity contribution in [1.29, 1.82) is 0 Å². The van der Waals surface area contributed by atoms with Gasteiger partial charge in [-0.3, -0.25) is 9.69 Å². The molecule has 3 nitrogen and oxygen atoms in total. The maximum Gasteiger partial charge on any atom is 0.270 e. The zero-order valence-corrected chi connectivity index (χ0v) is 15.7. The zero-order valence-electron chi connectivity index (χ0n) is 13.3. The second-order valence-electron chi connectivity index (χ2n) is 5.73. The smallest absolute Gasteiger partial charge is 0.270 e. The van der Waals surface area contributed by atoms with Crippen molar-refractivity contribution in [3.8, 4) is 5.75 Å². The summed E-state index contributed by atoms with van der Waals surface area (Å²) < 4.78 is 0.488. The SMILES string of the molecule is O=C1/C(=C/c2ccc(O)c(Cl)c2)SC(=S)N1c1cccc2ccccc12. The lowest BCUT2D eigenvalue weighted by molar-refractivity contribution is -0.113. The first-order chi connectivity index (χ1) is 12.5. The van der Waals surface area contributed by atoms with Crippen LogP contribution in [0.2, 0.25) is 5.02 Å². The van der Waals surface area contributed by atoms with Crippen molar-refractivity contribution >= 4 is 68.3 Å². The van der Waals surface area contributed by atoms with E-state index in [0.29, 0.717) is 9.23 Å². The van der Waals surface area contributed by atoms with Crippen LogP contribution in [-0.4, -0.2) is 15.3 Å². The molecule has 0 unspecified atom stereocenters. The molecule has 3 aromatic carbocycles. The lowest BCUT2D eigenvalue weighted by Crippen LogP contribution is -2.27. The van der Waals surface area contributed by atoms with Gasteiger partial charge in [-0.2, -0.15) is 0 Å². The monoisotopic (exact) mass is 397 g/mol. The predicted molar refractivity (Wildman–Crippen MR) is 113 cm³/mol. The first-order valence-electron chi connectivity index (χ1n) is 7.79. The number of carbonyl (C=O) groups excluding carboxylic acids is 1. The van der Waals surface area contributed by atoms with E-state index >= 15 is 0 Å². The normalized spacial score (nSPS) is 16.0. The minimum atomic E-state index is -0.166. The molecule has 0 radical (unpaired) electrons. The molecular formula is C20H12ClNO2S2. The number of anilines is 1. The number of carbonyl (C=O) groups is 1. The van der Waals surface area contributed by atoms with Crippen molar-refractivity contribution in [1.82, 2.24) is 0 Å². The number of rotatable bonds is 2. The maximum absolute atomic E-state index is 13.0. The fraction of sp³-hybridized carbons (Fsp3) is 0. The Kier molecular flexibility index (Phi) is 4.44. The first-order valence-corrected chi connectivity index (χ1v) is 9.39. The molecule has 26 heavy (non-hydrogen) atoms. The summed E-state index contributed by atoms with van der Waals surface area (Å²) in [5.74, 6) is -0.160. The number of amides is 1. The second-order valence-corrected chi connectivity index (χ2v) is 7.81. The minimum absolute atomic E-state index is 0.00659. The molecule has 4 rings (SSSR count). The molecule has 0 aliphatic carbocycles. The third-order valence-corrected chi connectivity index (χ3v) is 5.68. The highest BCUT2D eigenvalue weighted by Crippen LogP contribution is 2.39. The lowest BCUT2D eigenvalue weighted by Gasteiger charge is -2.17. The number of hydrogen-bond acceptors (Lipinski definition) is 4. The van der Waals surface area contributed by atoms with Crippen molar-refractivity contribution in [2.45, 2.75) is 0 Å². The summed E-state index contributed by atoms with van der Waals surface area (Å²) in [6, 6.07) is 18.5. The zero-order chi connectivity index (χ0) is 18.3. The predicted octanol–water partition coefficient (Wildman–Crippen LogP) is 5.60. The van der Waals surface area contributed by atoms with Gasteiger partial charge in [0.1, 0.15) is 5.75 Å². The quantitative estimate of drug-likeness (QED) is 0.451. The van der Waals surface area contributed by atoms with Crippen LogP contribution in [-0.2, 0) is 4.79 Å². The van der Waals surface area contributed by atoms with Gasteiger partial charge in [-0.05, 0) is 35.2 Å². The van der Waals surface area contributed by atoms with Crippen LogP contribution < -0.4 is 4.90 Å². The van der Waals surface area contributed by atoms with E-state index < -0.39 is 0 Å². The van der Waals surface area contributed by atoms with Crippen LogP contribution in [0.4, 0.5) is 5.69 Å². The molecule has 0 atom stereocenters. The van der Waals surface area contributed by atoms with Gasteiger partial charge in [0, 0.05) is 5.39 Å². The van der Waals surface area contributed by atoms with Gasteiger partial charge in [0.25, 0.3) is 5.91 Å². The van der Waals surface area contributed by atoms with Gasteiger partial charge in [-0.15, -0.1) is 0 Å². The van der Waals surface area contributed by atoms with Crippen LogP contribution in [0.5, 0.6) is 5.75 Å². The Hall–Kier alpha value is -2.34. The van der Waals surface area contributed by atoms with Crippen molar-refractivity contribution in [3.05, 3.63) is 76.2 Å². The summed E-state index contributed by atoms with van der Waals surface area (Å²) >= 11 is 12.7. The van der Waals surface area contributed by atoms with E-state index in [2.05, 4.69) is 0 Å². The number of phenols is 1. The Bertz CT molecular complexity index is 1090. The molecule has 1 aliphatic rings. The van der Waals surface area contributed by atoms with Gasteiger partial charge in [-0.1, -0.05) is 78.0 Å². The molecule has 1 saturated heterocycles. The summed E-state index contributed by atoms with van der Waals surface area (Å²) in [6.45, 7) is 0. The molecule has 0 spiro atoms. The fourth-order valence-electron chi connectivity index (χ4n) is 2.84. The van der Waals surface area contributed by atoms with Crippen LogP contribution in [0.15, 0.2) is 65.6 Å². The highest BCUT2D eigenvalue weighted by Gasteiger charge is 2.34. The topological polar surface area (TPSA) is 40.5 Å². The molecule has 0 aromatic heterocycles. The Labute approximate surface area is 164 Å². The largest absolute Gasteiger partial charge is 0.506 e. The van der Waals surface area contributed by atoms with Crippen molar-refractivity contribution in [3.63, 3.8) is 0 Å².